The summed E-state index contributed by atoms with van der Waals surface area (Å²) in [6.45, 7) is 4.56. The predicted molar refractivity (Wildman–Crippen MR) is 100 cm³/mol. The van der Waals surface area contributed by atoms with Crippen LogP contribution in [0.25, 0.3) is 11.3 Å². The molecule has 7 heteroatoms. The zero-order valence-corrected chi connectivity index (χ0v) is 15.5. The van der Waals surface area contributed by atoms with Crippen molar-refractivity contribution < 1.29 is 4.42 Å². The number of benzene rings is 1. The molecule has 0 radical (unpaired) electrons. The number of furan rings is 1. The number of thiazole rings is 1. The molecule has 0 saturated heterocycles. The third-order valence-corrected chi connectivity index (χ3v) is 4.85. The van der Waals surface area contributed by atoms with Crippen molar-refractivity contribution in [3.8, 4) is 11.3 Å². The number of hydrogen-bond donors (Lipinski definition) is 0. The lowest BCUT2D eigenvalue weighted by atomic mass is 10.2. The van der Waals surface area contributed by atoms with Crippen molar-refractivity contribution in [3.05, 3.63) is 62.1 Å². The normalized spacial score (nSPS) is 12.4. The second-order valence-corrected chi connectivity index (χ2v) is 6.66. The molecule has 3 rings (SSSR count). The van der Waals surface area contributed by atoms with Crippen LogP contribution in [0.3, 0.4) is 0 Å². The lowest BCUT2D eigenvalue weighted by Crippen LogP contribution is -2.12. The summed E-state index contributed by atoms with van der Waals surface area (Å²) in [7, 11) is 0. The molecule has 0 spiro atoms. The van der Waals surface area contributed by atoms with Crippen LogP contribution in [-0.4, -0.2) is 17.4 Å². The highest BCUT2D eigenvalue weighted by Crippen LogP contribution is 2.28. The monoisotopic (exact) mass is 379 g/mol. The molecule has 3 aromatic rings. The SMILES string of the molecule is CCN=c1scc(-c2ccc(Cl)c(Cl)c2)n1N=Cc1ccc(C)o1. The Balaban J connectivity index is 2.08. The lowest BCUT2D eigenvalue weighted by molar-refractivity contribution is 0.527. The minimum atomic E-state index is 0.506. The highest BCUT2D eigenvalue weighted by Gasteiger charge is 2.09. The van der Waals surface area contributed by atoms with Gasteiger partial charge in [0.25, 0.3) is 0 Å². The molecule has 0 bridgehead atoms. The first kappa shape index (κ1) is 17.0. The first-order chi connectivity index (χ1) is 11.6. The maximum absolute atomic E-state index is 6.15. The van der Waals surface area contributed by atoms with Crippen LogP contribution in [-0.2, 0) is 0 Å². The average molecular weight is 380 g/mol. The fourth-order valence-corrected chi connectivity index (χ4v) is 3.35. The van der Waals surface area contributed by atoms with E-state index in [2.05, 4.69) is 10.1 Å². The number of nitrogens with zero attached hydrogens (tertiary/aromatic N) is 3. The molecule has 0 aliphatic rings. The fraction of sp³-hybridized carbons (Fsp3) is 0.176. The molecule has 0 aliphatic carbocycles. The van der Waals surface area contributed by atoms with Gasteiger partial charge in [-0.3, -0.25) is 4.99 Å². The Morgan fingerprint density at radius 3 is 2.71 bits per heavy atom. The maximum atomic E-state index is 6.15. The minimum absolute atomic E-state index is 0.506. The second kappa shape index (κ2) is 7.38. The Hall–Kier alpha value is -1.82. The van der Waals surface area contributed by atoms with Crippen LogP contribution in [0.4, 0.5) is 0 Å². The van der Waals surface area contributed by atoms with Gasteiger partial charge in [0.2, 0.25) is 4.80 Å². The largest absolute Gasteiger partial charge is 0.460 e. The summed E-state index contributed by atoms with van der Waals surface area (Å²) in [6, 6.07) is 9.29. The summed E-state index contributed by atoms with van der Waals surface area (Å²) in [5.74, 6) is 1.53. The zero-order valence-electron chi connectivity index (χ0n) is 13.2. The quantitative estimate of drug-likeness (QED) is 0.572. The van der Waals surface area contributed by atoms with Gasteiger partial charge in [0, 0.05) is 17.5 Å². The van der Waals surface area contributed by atoms with Gasteiger partial charge in [0.1, 0.15) is 11.5 Å². The van der Waals surface area contributed by atoms with Crippen molar-refractivity contribution >= 4 is 40.8 Å². The topological polar surface area (TPSA) is 42.8 Å². The Morgan fingerprint density at radius 1 is 1.21 bits per heavy atom. The van der Waals surface area contributed by atoms with Gasteiger partial charge in [0.15, 0.2) is 0 Å². The van der Waals surface area contributed by atoms with Gasteiger partial charge >= 0.3 is 0 Å². The predicted octanol–water partition coefficient (Wildman–Crippen LogP) is 5.23. The first-order valence-electron chi connectivity index (χ1n) is 7.35. The van der Waals surface area contributed by atoms with Crippen LogP contribution in [0, 0.1) is 6.92 Å². The third kappa shape index (κ3) is 3.64. The van der Waals surface area contributed by atoms with Crippen molar-refractivity contribution in [2.24, 2.45) is 10.1 Å². The van der Waals surface area contributed by atoms with Gasteiger partial charge in [-0.25, -0.2) is 4.68 Å². The minimum Gasteiger partial charge on any atom is -0.460 e. The zero-order chi connectivity index (χ0) is 17.1. The molecular weight excluding hydrogens is 365 g/mol. The smallest absolute Gasteiger partial charge is 0.206 e. The van der Waals surface area contributed by atoms with Crippen molar-refractivity contribution in [1.82, 2.24) is 4.68 Å². The fourth-order valence-electron chi connectivity index (χ4n) is 2.15. The molecule has 0 N–H and O–H groups in total. The van der Waals surface area contributed by atoms with Gasteiger partial charge in [-0.2, -0.15) is 5.10 Å². The van der Waals surface area contributed by atoms with Crippen molar-refractivity contribution in [1.29, 1.82) is 0 Å². The van der Waals surface area contributed by atoms with Gasteiger partial charge in [-0.05, 0) is 38.1 Å². The van der Waals surface area contributed by atoms with Crippen LogP contribution in [0.5, 0.6) is 0 Å². The van der Waals surface area contributed by atoms with E-state index in [0.29, 0.717) is 22.4 Å². The molecule has 0 atom stereocenters. The Bertz CT molecular complexity index is 953. The molecule has 4 nitrogen and oxygen atoms in total. The standard InChI is InChI=1S/C17H15Cl2N3OS/c1-3-20-17-22(21-9-13-6-4-11(2)23-13)16(10-24-17)12-5-7-14(18)15(19)8-12/h4-10H,3H2,1-2H3. The first-order valence-corrected chi connectivity index (χ1v) is 8.99. The summed E-state index contributed by atoms with van der Waals surface area (Å²) in [6.07, 6.45) is 1.68. The molecule has 2 heterocycles. The van der Waals surface area contributed by atoms with Crippen LogP contribution in [0.2, 0.25) is 10.0 Å². The highest BCUT2D eigenvalue weighted by molar-refractivity contribution is 7.07. The molecule has 124 valence electrons. The van der Waals surface area contributed by atoms with E-state index >= 15 is 0 Å². The summed E-state index contributed by atoms with van der Waals surface area (Å²) < 4.78 is 7.32. The number of halogens is 2. The molecule has 0 saturated carbocycles. The molecule has 2 aromatic heterocycles. The Morgan fingerprint density at radius 2 is 2.04 bits per heavy atom. The molecule has 0 fully saturated rings. The summed E-state index contributed by atoms with van der Waals surface area (Å²) >= 11 is 13.7. The third-order valence-electron chi connectivity index (χ3n) is 3.26. The number of aryl methyl sites for hydroxylation is 1. The van der Waals surface area contributed by atoms with E-state index in [1.54, 1.807) is 17.0 Å². The average Bonchev–Trinajstić information content (AvgIpc) is 3.15. The summed E-state index contributed by atoms with van der Waals surface area (Å²) in [4.78, 5) is 5.29. The van der Waals surface area contributed by atoms with Gasteiger partial charge in [0.05, 0.1) is 22.0 Å². The van der Waals surface area contributed by atoms with E-state index in [0.717, 1.165) is 21.8 Å². The van der Waals surface area contributed by atoms with E-state index in [1.807, 2.05) is 43.5 Å². The van der Waals surface area contributed by atoms with Gasteiger partial charge in [-0.15, -0.1) is 11.3 Å². The Labute approximate surface area is 153 Å². The lowest BCUT2D eigenvalue weighted by Gasteiger charge is -2.04. The molecule has 0 amide bonds. The van der Waals surface area contributed by atoms with Crippen LogP contribution in [0.15, 0.2) is 50.2 Å². The summed E-state index contributed by atoms with van der Waals surface area (Å²) in [5.41, 5.74) is 1.82. The summed E-state index contributed by atoms with van der Waals surface area (Å²) in [5, 5.41) is 7.56. The van der Waals surface area contributed by atoms with Gasteiger partial charge < -0.3 is 4.42 Å². The molecule has 0 unspecified atom stereocenters. The van der Waals surface area contributed by atoms with Gasteiger partial charge in [-0.1, -0.05) is 29.3 Å². The van der Waals surface area contributed by atoms with Crippen molar-refractivity contribution in [3.63, 3.8) is 0 Å². The second-order valence-electron chi connectivity index (χ2n) is 5.01. The van der Waals surface area contributed by atoms with Crippen LogP contribution < -0.4 is 4.80 Å². The number of aromatic nitrogens is 1. The highest BCUT2D eigenvalue weighted by atomic mass is 35.5. The van der Waals surface area contributed by atoms with Crippen molar-refractivity contribution in [2.45, 2.75) is 13.8 Å². The number of rotatable bonds is 4. The molecule has 0 aliphatic heterocycles. The maximum Gasteiger partial charge on any atom is 0.206 e. The molecule has 24 heavy (non-hydrogen) atoms. The molecular formula is C17H15Cl2N3OS. The molecule has 1 aromatic carbocycles. The van der Waals surface area contributed by atoms with E-state index in [9.17, 15) is 0 Å². The van der Waals surface area contributed by atoms with E-state index in [-0.39, 0.29) is 0 Å². The van der Waals surface area contributed by atoms with E-state index in [1.165, 1.54) is 11.3 Å². The van der Waals surface area contributed by atoms with Crippen LogP contribution >= 0.6 is 34.5 Å². The van der Waals surface area contributed by atoms with Crippen molar-refractivity contribution in [2.75, 3.05) is 6.54 Å². The van der Waals surface area contributed by atoms with Crippen LogP contribution in [0.1, 0.15) is 18.4 Å². The van der Waals surface area contributed by atoms with E-state index < -0.39 is 0 Å². The Kier molecular flexibility index (Phi) is 5.23. The van der Waals surface area contributed by atoms with E-state index in [4.69, 9.17) is 27.6 Å². The number of hydrogen-bond acceptors (Lipinski definition) is 4.